The van der Waals surface area contributed by atoms with Crippen molar-refractivity contribution in [2.75, 3.05) is 13.7 Å². The minimum Gasteiger partial charge on any atom is -0.507 e. The van der Waals surface area contributed by atoms with Crippen molar-refractivity contribution in [2.24, 2.45) is 28.6 Å². The van der Waals surface area contributed by atoms with Gasteiger partial charge >= 0.3 is 5.97 Å². The second kappa shape index (κ2) is 23.2. The van der Waals surface area contributed by atoms with Crippen molar-refractivity contribution in [2.45, 2.75) is 173 Å². The largest absolute Gasteiger partial charge is 0.507 e. The van der Waals surface area contributed by atoms with Crippen molar-refractivity contribution >= 4 is 41.6 Å². The number of halogens is 1. The van der Waals surface area contributed by atoms with E-state index in [1.807, 2.05) is 0 Å². The average Bonchev–Trinajstić information content (AvgIpc) is 3.26. The molecular formula is C49H70ClN3O13. The number of methoxy groups -OCH3 is 1. The number of phenols is 2. The Morgan fingerprint density at radius 3 is 2.23 bits per heavy atom. The molecule has 2 fully saturated rings. The molecule has 1 saturated carbocycles. The summed E-state index contributed by atoms with van der Waals surface area (Å²) in [5.74, 6) is -1.78. The number of carbonyl (C=O) groups is 4. The highest BCUT2D eigenvalue weighted by molar-refractivity contribution is 6.31. The SMILES string of the molecule is COc1cccc2c1C(=O)c1c(O)c3c(c(O)c1C2=O)C[C@@](O)(/C(CO)=N/NC(=O)CCCCCCCCCCC(=O)O[C@@H]1C[C@H](C)CC[C@H]1C(C)C)C[C@@H]3O[C@H]1C[C@H](N)[C@H](O)[C@H](C)O1.Cl. The molecule has 3 aliphatic carbocycles. The Kier molecular flexibility index (Phi) is 18.6. The number of hydrazone groups is 1. The zero-order valence-corrected chi connectivity index (χ0v) is 39.7. The molecule has 0 unspecified atom stereocenters. The molecule has 0 spiro atoms. The van der Waals surface area contributed by atoms with Crippen LogP contribution in [-0.2, 0) is 30.2 Å². The Morgan fingerprint density at radius 2 is 1.59 bits per heavy atom. The molecule has 0 bridgehead atoms. The van der Waals surface area contributed by atoms with Gasteiger partial charge in [0.2, 0.25) is 11.7 Å². The minimum atomic E-state index is -2.12. The number of benzene rings is 2. The van der Waals surface area contributed by atoms with Crippen LogP contribution in [0.25, 0.3) is 0 Å². The number of unbranched alkanes of at least 4 members (excludes halogenated alkanes) is 7. The summed E-state index contributed by atoms with van der Waals surface area (Å²) in [5, 5.41) is 61.1. The lowest BCUT2D eigenvalue weighted by molar-refractivity contribution is -0.245. The van der Waals surface area contributed by atoms with Gasteiger partial charge in [0.15, 0.2) is 12.1 Å². The van der Waals surface area contributed by atoms with Crippen molar-refractivity contribution in [3.63, 3.8) is 0 Å². The molecule has 366 valence electrons. The summed E-state index contributed by atoms with van der Waals surface area (Å²) in [6.45, 7) is 7.42. The van der Waals surface area contributed by atoms with E-state index < -0.39 is 95.8 Å². The second-order valence-electron chi connectivity index (χ2n) is 19.0. The fourth-order valence-electron chi connectivity index (χ4n) is 10.2. The molecule has 1 amide bonds. The van der Waals surface area contributed by atoms with Crippen molar-refractivity contribution in [3.05, 3.63) is 51.6 Å². The molecule has 8 N–H and O–H groups in total. The van der Waals surface area contributed by atoms with Gasteiger partial charge in [0.25, 0.3) is 0 Å². The van der Waals surface area contributed by atoms with E-state index in [4.69, 9.17) is 24.7 Å². The van der Waals surface area contributed by atoms with Gasteiger partial charge in [-0.05, 0) is 56.4 Å². The molecule has 4 aliphatic rings. The predicted octanol–water partition coefficient (Wildman–Crippen LogP) is 6.23. The van der Waals surface area contributed by atoms with Gasteiger partial charge in [0.05, 0.1) is 54.4 Å². The molecular weight excluding hydrogens is 874 g/mol. The molecule has 1 saturated heterocycles. The van der Waals surface area contributed by atoms with Gasteiger partial charge in [-0.2, -0.15) is 5.10 Å². The smallest absolute Gasteiger partial charge is 0.306 e. The number of hydrogen-bond acceptors (Lipinski definition) is 15. The van der Waals surface area contributed by atoms with E-state index in [1.54, 1.807) is 6.92 Å². The minimum absolute atomic E-state index is 0. The highest BCUT2D eigenvalue weighted by Crippen LogP contribution is 2.52. The third-order valence-corrected chi connectivity index (χ3v) is 13.9. The zero-order valence-electron chi connectivity index (χ0n) is 38.9. The molecule has 2 aromatic carbocycles. The van der Waals surface area contributed by atoms with Crippen LogP contribution in [0.1, 0.15) is 173 Å². The van der Waals surface area contributed by atoms with Crippen molar-refractivity contribution in [1.29, 1.82) is 0 Å². The van der Waals surface area contributed by atoms with Crippen LogP contribution in [0.3, 0.4) is 0 Å². The standard InChI is InChI=1S/C49H69N3O13.ClH/c1-26(2)29-20-19-27(3)21-34(29)64-38(55)18-13-11-9-7-6-8-10-12-17-37(54)52-51-36(25-53)49(61)23-31-41(35(24-49)65-39-22-32(50)44(56)28(4)63-39)48(60)43-42(46(31)58)45(57)30-15-14-16-33(62-5)40(30)47(43)59;/h14-16,26-29,32,34-35,39,44,53,56,58,60-61H,6-13,17-25,50H2,1-5H3,(H,52,54);1H/b51-36+;/t27-,28+,29+,32+,34-,35+,39+,44-,49+;/m1./s1. The Balaban J connectivity index is 0.00000817. The van der Waals surface area contributed by atoms with Crippen LogP contribution in [0.4, 0.5) is 0 Å². The number of hydrogen-bond donors (Lipinski definition) is 7. The number of aliphatic hydroxyl groups excluding tert-OH is 2. The number of ketones is 2. The van der Waals surface area contributed by atoms with E-state index in [0.29, 0.717) is 30.6 Å². The molecule has 16 nitrogen and oxygen atoms in total. The topological polar surface area (TPSA) is 257 Å². The summed E-state index contributed by atoms with van der Waals surface area (Å²) in [4.78, 5) is 53.5. The first-order chi connectivity index (χ1) is 31.0. The number of nitrogens with one attached hydrogen (secondary N) is 1. The summed E-state index contributed by atoms with van der Waals surface area (Å²) in [7, 11) is 1.33. The number of esters is 1. The first-order valence-corrected chi connectivity index (χ1v) is 23.5. The molecule has 1 aliphatic heterocycles. The van der Waals surface area contributed by atoms with Gasteiger partial charge in [-0.3, -0.25) is 19.2 Å². The maximum Gasteiger partial charge on any atom is 0.306 e. The summed E-state index contributed by atoms with van der Waals surface area (Å²) in [5.41, 5.74) is 4.90. The lowest BCUT2D eigenvalue weighted by Crippen LogP contribution is -2.53. The third kappa shape index (κ3) is 11.7. The number of carbonyl (C=O) groups excluding carboxylic acids is 4. The number of aromatic hydroxyl groups is 2. The first-order valence-electron chi connectivity index (χ1n) is 23.5. The molecule has 66 heavy (non-hydrogen) atoms. The van der Waals surface area contributed by atoms with Crippen LogP contribution < -0.4 is 15.9 Å². The van der Waals surface area contributed by atoms with E-state index in [1.165, 1.54) is 31.7 Å². The van der Waals surface area contributed by atoms with Gasteiger partial charge in [-0.25, -0.2) is 5.43 Å². The first kappa shape index (κ1) is 52.8. The maximum absolute atomic E-state index is 14.0. The van der Waals surface area contributed by atoms with E-state index >= 15 is 0 Å². The summed E-state index contributed by atoms with van der Waals surface area (Å²) < 4.78 is 23.5. The highest BCUT2D eigenvalue weighted by atomic mass is 35.5. The van der Waals surface area contributed by atoms with Gasteiger partial charge in [-0.15, -0.1) is 12.4 Å². The molecule has 1 heterocycles. The number of nitrogens with two attached hydrogens (primary N) is 1. The van der Waals surface area contributed by atoms with Gasteiger partial charge < -0.3 is 50.2 Å². The number of rotatable bonds is 19. The number of amides is 1. The molecule has 17 heteroatoms. The molecule has 0 radical (unpaired) electrons. The van der Waals surface area contributed by atoms with Crippen LogP contribution >= 0.6 is 12.4 Å². The monoisotopic (exact) mass is 943 g/mol. The second-order valence-corrected chi connectivity index (χ2v) is 19.0. The lowest BCUT2D eigenvalue weighted by Gasteiger charge is -2.43. The fourth-order valence-corrected chi connectivity index (χ4v) is 10.2. The summed E-state index contributed by atoms with van der Waals surface area (Å²) in [6, 6.07) is 3.66. The van der Waals surface area contributed by atoms with E-state index in [0.717, 1.165) is 57.8 Å². The van der Waals surface area contributed by atoms with Crippen molar-refractivity contribution < 1.29 is 63.7 Å². The third-order valence-electron chi connectivity index (χ3n) is 13.9. The molecule has 0 aromatic heterocycles. The predicted molar refractivity (Wildman–Crippen MR) is 247 cm³/mol. The zero-order chi connectivity index (χ0) is 47.2. The van der Waals surface area contributed by atoms with Crippen molar-refractivity contribution in [1.82, 2.24) is 5.43 Å². The van der Waals surface area contributed by atoms with Gasteiger partial charge in [0.1, 0.15) is 29.0 Å². The van der Waals surface area contributed by atoms with E-state index in [2.05, 4.69) is 31.3 Å². The Hall–Kier alpha value is -4.16. The lowest BCUT2D eigenvalue weighted by atomic mass is 9.71. The fraction of sp³-hybridized carbons (Fsp3) is 0.653. The van der Waals surface area contributed by atoms with Gasteiger partial charge in [-0.1, -0.05) is 77.8 Å². The highest BCUT2D eigenvalue weighted by Gasteiger charge is 2.50. The summed E-state index contributed by atoms with van der Waals surface area (Å²) >= 11 is 0. The average molecular weight is 945 g/mol. The van der Waals surface area contributed by atoms with E-state index in [9.17, 15) is 44.7 Å². The normalized spacial score (nSPS) is 27.3. The van der Waals surface area contributed by atoms with Crippen molar-refractivity contribution in [3.8, 4) is 17.2 Å². The van der Waals surface area contributed by atoms with Crippen LogP contribution in [0.15, 0.2) is 23.3 Å². The molecule has 9 atom stereocenters. The van der Waals surface area contributed by atoms with Gasteiger partial charge in [0, 0.05) is 54.8 Å². The number of nitrogens with zero attached hydrogens (tertiary/aromatic N) is 1. The maximum atomic E-state index is 14.0. The van der Waals surface area contributed by atoms with Crippen LogP contribution in [0, 0.1) is 17.8 Å². The molecule has 2 aromatic rings. The summed E-state index contributed by atoms with van der Waals surface area (Å²) in [6.07, 6.45) is 5.91. The Bertz CT molecular complexity index is 2080. The molecule has 6 rings (SSSR count). The number of phenolic OH excluding ortho intramolecular Hbond substituents is 2. The Labute approximate surface area is 393 Å². The number of aliphatic hydroxyl groups is 3. The van der Waals surface area contributed by atoms with Crippen LogP contribution in [0.2, 0.25) is 0 Å². The Morgan fingerprint density at radius 1 is 0.939 bits per heavy atom. The quantitative estimate of drug-likeness (QED) is 0.0231. The number of ether oxygens (including phenoxy) is 4. The van der Waals surface area contributed by atoms with Crippen LogP contribution in [-0.4, -0.2) is 105 Å². The van der Waals surface area contributed by atoms with E-state index in [-0.39, 0.29) is 71.0 Å². The van der Waals surface area contributed by atoms with Crippen LogP contribution in [0.5, 0.6) is 17.2 Å². The number of fused-ring (bicyclic) bond motifs is 3.